The summed E-state index contributed by atoms with van der Waals surface area (Å²) in [5.74, 6) is 0.887. The highest BCUT2D eigenvalue weighted by Crippen LogP contribution is 2.44. The summed E-state index contributed by atoms with van der Waals surface area (Å²) in [5.41, 5.74) is 6.85. The van der Waals surface area contributed by atoms with E-state index in [1.54, 1.807) is 0 Å². The first kappa shape index (κ1) is 15.0. The average molecular weight is 240 g/mol. The van der Waals surface area contributed by atoms with Crippen LogP contribution in [0.5, 0.6) is 0 Å². The topological polar surface area (TPSA) is 29.3 Å². The molecule has 1 aliphatic rings. The van der Waals surface area contributed by atoms with E-state index in [1.165, 1.54) is 32.1 Å². The predicted molar refractivity (Wildman–Crippen MR) is 76.1 cm³/mol. The standard InChI is InChI=1S/C15H32N2/c1-6-14(3,4)13-8-10-15(12-16,11-9-13)17(5)7-2/h13H,6-12,16H2,1-5H3. The molecule has 0 aromatic heterocycles. The van der Waals surface area contributed by atoms with Gasteiger partial charge in [0.2, 0.25) is 0 Å². The summed E-state index contributed by atoms with van der Waals surface area (Å²) in [5, 5.41) is 0. The molecule has 1 saturated carbocycles. The van der Waals surface area contributed by atoms with Crippen LogP contribution in [0.4, 0.5) is 0 Å². The van der Waals surface area contributed by atoms with Crippen molar-refractivity contribution in [2.75, 3.05) is 20.1 Å². The van der Waals surface area contributed by atoms with Gasteiger partial charge in [-0.2, -0.15) is 0 Å². The highest BCUT2D eigenvalue weighted by Gasteiger charge is 2.40. The van der Waals surface area contributed by atoms with Crippen LogP contribution in [0.15, 0.2) is 0 Å². The molecule has 0 amide bonds. The lowest BCUT2D eigenvalue weighted by Crippen LogP contribution is -2.54. The van der Waals surface area contributed by atoms with Gasteiger partial charge in [-0.25, -0.2) is 0 Å². The first-order valence-electron chi connectivity index (χ1n) is 7.33. The minimum Gasteiger partial charge on any atom is -0.329 e. The minimum atomic E-state index is 0.287. The highest BCUT2D eigenvalue weighted by atomic mass is 15.2. The molecule has 1 fully saturated rings. The van der Waals surface area contributed by atoms with E-state index >= 15 is 0 Å². The first-order chi connectivity index (χ1) is 7.91. The number of rotatable bonds is 5. The maximum absolute atomic E-state index is 6.06. The molecule has 0 bridgehead atoms. The fraction of sp³-hybridized carbons (Fsp3) is 1.00. The summed E-state index contributed by atoms with van der Waals surface area (Å²) in [6.45, 7) is 11.3. The molecule has 0 aromatic carbocycles. The van der Waals surface area contributed by atoms with Crippen molar-refractivity contribution in [3.05, 3.63) is 0 Å². The van der Waals surface area contributed by atoms with Crippen LogP contribution < -0.4 is 5.73 Å². The Morgan fingerprint density at radius 1 is 1.24 bits per heavy atom. The van der Waals surface area contributed by atoms with Crippen molar-refractivity contribution in [3.8, 4) is 0 Å². The van der Waals surface area contributed by atoms with Crippen LogP contribution >= 0.6 is 0 Å². The summed E-state index contributed by atoms with van der Waals surface area (Å²) in [6.07, 6.45) is 6.55. The third kappa shape index (κ3) is 3.03. The van der Waals surface area contributed by atoms with Crippen molar-refractivity contribution in [1.29, 1.82) is 0 Å². The molecule has 2 N–H and O–H groups in total. The van der Waals surface area contributed by atoms with Crippen LogP contribution in [-0.4, -0.2) is 30.6 Å². The Bertz CT molecular complexity index is 227. The Kier molecular flexibility index (Phi) is 5.03. The molecule has 0 aromatic rings. The molecule has 17 heavy (non-hydrogen) atoms. The Labute approximate surface area is 108 Å². The number of likely N-dealkylation sites (N-methyl/N-ethyl adjacent to an activating group) is 1. The van der Waals surface area contributed by atoms with Gasteiger partial charge < -0.3 is 5.73 Å². The fourth-order valence-corrected chi connectivity index (χ4v) is 3.30. The number of nitrogens with two attached hydrogens (primary N) is 1. The predicted octanol–water partition coefficient (Wildman–Crippen LogP) is 3.26. The number of hydrogen-bond acceptors (Lipinski definition) is 2. The van der Waals surface area contributed by atoms with Crippen molar-refractivity contribution < 1.29 is 0 Å². The van der Waals surface area contributed by atoms with Crippen molar-refractivity contribution in [2.24, 2.45) is 17.1 Å². The van der Waals surface area contributed by atoms with Crippen LogP contribution in [-0.2, 0) is 0 Å². The van der Waals surface area contributed by atoms with Crippen LogP contribution in [0.3, 0.4) is 0 Å². The SMILES string of the molecule is CCN(C)C1(CN)CCC(C(C)(C)CC)CC1. The summed E-state index contributed by atoms with van der Waals surface area (Å²) in [6, 6.07) is 0. The number of nitrogens with zero attached hydrogens (tertiary/aromatic N) is 1. The highest BCUT2D eigenvalue weighted by molar-refractivity contribution is 4.96. The largest absolute Gasteiger partial charge is 0.329 e. The second kappa shape index (κ2) is 5.71. The van der Waals surface area contributed by atoms with Gasteiger partial charge in [-0.05, 0) is 50.6 Å². The van der Waals surface area contributed by atoms with Gasteiger partial charge in [-0.1, -0.05) is 34.1 Å². The average Bonchev–Trinajstić information content (AvgIpc) is 2.37. The maximum Gasteiger partial charge on any atom is 0.0328 e. The first-order valence-corrected chi connectivity index (χ1v) is 7.33. The van der Waals surface area contributed by atoms with Crippen LogP contribution in [0.1, 0.15) is 59.8 Å². The van der Waals surface area contributed by atoms with Gasteiger partial charge >= 0.3 is 0 Å². The third-order valence-electron chi connectivity index (χ3n) is 5.60. The molecule has 0 unspecified atom stereocenters. The minimum absolute atomic E-state index is 0.287. The summed E-state index contributed by atoms with van der Waals surface area (Å²) >= 11 is 0. The van der Waals surface area contributed by atoms with Crippen molar-refractivity contribution in [1.82, 2.24) is 4.90 Å². The van der Waals surface area contributed by atoms with Crippen molar-refractivity contribution in [2.45, 2.75) is 65.3 Å². The molecule has 0 heterocycles. The van der Waals surface area contributed by atoms with Gasteiger partial charge in [0.05, 0.1) is 0 Å². The van der Waals surface area contributed by atoms with Gasteiger partial charge in [0.1, 0.15) is 0 Å². The van der Waals surface area contributed by atoms with Crippen LogP contribution in [0, 0.1) is 11.3 Å². The Balaban J connectivity index is 2.65. The zero-order valence-electron chi connectivity index (χ0n) is 12.6. The normalized spacial score (nSPS) is 30.9. The van der Waals surface area contributed by atoms with E-state index in [2.05, 4.69) is 39.6 Å². The maximum atomic E-state index is 6.06. The van der Waals surface area contributed by atoms with E-state index in [9.17, 15) is 0 Å². The number of hydrogen-bond donors (Lipinski definition) is 1. The summed E-state index contributed by atoms with van der Waals surface area (Å²) in [7, 11) is 2.23. The second-order valence-corrected chi connectivity index (χ2v) is 6.56. The Hall–Kier alpha value is -0.0800. The summed E-state index contributed by atoms with van der Waals surface area (Å²) < 4.78 is 0. The zero-order valence-corrected chi connectivity index (χ0v) is 12.6. The molecule has 1 rings (SSSR count). The van der Waals surface area contributed by atoms with E-state index < -0.39 is 0 Å². The van der Waals surface area contributed by atoms with Crippen LogP contribution in [0.2, 0.25) is 0 Å². The van der Waals surface area contributed by atoms with Crippen molar-refractivity contribution in [3.63, 3.8) is 0 Å². The summed E-state index contributed by atoms with van der Waals surface area (Å²) in [4.78, 5) is 2.47. The quantitative estimate of drug-likeness (QED) is 0.799. The van der Waals surface area contributed by atoms with Gasteiger partial charge in [-0.3, -0.25) is 4.90 Å². The van der Waals surface area contributed by atoms with Crippen LogP contribution in [0.25, 0.3) is 0 Å². The van der Waals surface area contributed by atoms with E-state index in [4.69, 9.17) is 5.73 Å². The van der Waals surface area contributed by atoms with Crippen molar-refractivity contribution >= 4 is 0 Å². The molecule has 0 spiro atoms. The van der Waals surface area contributed by atoms with Gasteiger partial charge in [-0.15, -0.1) is 0 Å². The Morgan fingerprint density at radius 3 is 2.12 bits per heavy atom. The van der Waals surface area contributed by atoms with Gasteiger partial charge in [0.25, 0.3) is 0 Å². The zero-order chi connectivity index (χ0) is 13.1. The molecule has 1 aliphatic carbocycles. The van der Waals surface area contributed by atoms with E-state index in [0.29, 0.717) is 5.41 Å². The van der Waals surface area contributed by atoms with E-state index in [0.717, 1.165) is 19.0 Å². The Morgan fingerprint density at radius 2 is 1.76 bits per heavy atom. The second-order valence-electron chi connectivity index (χ2n) is 6.56. The third-order valence-corrected chi connectivity index (χ3v) is 5.60. The monoisotopic (exact) mass is 240 g/mol. The lowest BCUT2D eigenvalue weighted by molar-refractivity contribution is 0.0353. The molecule has 0 saturated heterocycles. The molecular weight excluding hydrogens is 208 g/mol. The molecule has 0 radical (unpaired) electrons. The molecule has 0 aliphatic heterocycles. The van der Waals surface area contributed by atoms with Gasteiger partial charge in [0, 0.05) is 12.1 Å². The lowest BCUT2D eigenvalue weighted by Gasteiger charge is -2.48. The van der Waals surface area contributed by atoms with Gasteiger partial charge in [0.15, 0.2) is 0 Å². The lowest BCUT2D eigenvalue weighted by atomic mass is 9.65. The molecule has 0 atom stereocenters. The van der Waals surface area contributed by atoms with E-state index in [-0.39, 0.29) is 5.54 Å². The molecule has 2 nitrogen and oxygen atoms in total. The molecule has 102 valence electrons. The molecule has 2 heteroatoms. The smallest absolute Gasteiger partial charge is 0.0328 e. The van der Waals surface area contributed by atoms with E-state index in [1.807, 2.05) is 0 Å². The molecular formula is C15H32N2. The fourth-order valence-electron chi connectivity index (χ4n) is 3.30.